The number of rotatable bonds is 6. The number of benzene rings is 1. The first-order valence-corrected chi connectivity index (χ1v) is 7.88. The van der Waals surface area contributed by atoms with E-state index < -0.39 is 0 Å². The van der Waals surface area contributed by atoms with Crippen molar-refractivity contribution in [3.63, 3.8) is 0 Å². The van der Waals surface area contributed by atoms with Gasteiger partial charge in [0.05, 0.1) is 0 Å². The van der Waals surface area contributed by atoms with Crippen molar-refractivity contribution in [2.45, 2.75) is 26.3 Å². The molecule has 2 rings (SSSR count). The maximum Gasteiger partial charge on any atom is 0.0476 e. The molecule has 0 amide bonds. The number of halogens is 1. The summed E-state index contributed by atoms with van der Waals surface area (Å²) in [6.45, 7) is 6.46. The van der Waals surface area contributed by atoms with Gasteiger partial charge in [0.2, 0.25) is 0 Å². The number of anilines is 1. The van der Waals surface area contributed by atoms with Crippen LogP contribution in [0.2, 0.25) is 0 Å². The highest BCUT2D eigenvalue weighted by Gasteiger charge is 2.23. The highest BCUT2D eigenvalue weighted by atomic mass is 79.9. The molecule has 1 heterocycles. The highest BCUT2D eigenvalue weighted by molar-refractivity contribution is 9.10. The molecular formula is C15H23BrN2O. The molecule has 19 heavy (non-hydrogen) atoms. The van der Waals surface area contributed by atoms with E-state index in [2.05, 4.69) is 51.3 Å². The highest BCUT2D eigenvalue weighted by Crippen LogP contribution is 2.29. The molecule has 1 atom stereocenters. The lowest BCUT2D eigenvalue weighted by Gasteiger charge is -2.22. The second kappa shape index (κ2) is 7.27. The van der Waals surface area contributed by atoms with Crippen molar-refractivity contribution in [2.24, 2.45) is 5.92 Å². The van der Waals surface area contributed by atoms with Gasteiger partial charge in [-0.2, -0.15) is 0 Å². The number of hydrogen-bond donors (Lipinski definition) is 2. The largest absolute Gasteiger partial charge is 0.396 e. The zero-order chi connectivity index (χ0) is 13.7. The molecule has 0 saturated carbocycles. The molecular weight excluding hydrogens is 304 g/mol. The van der Waals surface area contributed by atoms with Gasteiger partial charge in [0.1, 0.15) is 0 Å². The fourth-order valence-corrected chi connectivity index (χ4v) is 3.01. The van der Waals surface area contributed by atoms with Gasteiger partial charge in [-0.05, 0) is 43.1 Å². The van der Waals surface area contributed by atoms with Gasteiger partial charge < -0.3 is 15.3 Å². The molecule has 1 fully saturated rings. The van der Waals surface area contributed by atoms with Gasteiger partial charge in [0.15, 0.2) is 0 Å². The molecule has 1 saturated heterocycles. The first kappa shape index (κ1) is 14.8. The SMILES string of the molecule is CCCNCc1cc(Br)ccc1N1CCC(CO)C1. The summed E-state index contributed by atoms with van der Waals surface area (Å²) in [5, 5.41) is 12.7. The lowest BCUT2D eigenvalue weighted by Crippen LogP contribution is -2.23. The Kier molecular flexibility index (Phi) is 5.67. The van der Waals surface area contributed by atoms with E-state index in [1.165, 1.54) is 11.3 Å². The fraction of sp³-hybridized carbons (Fsp3) is 0.600. The number of aliphatic hydroxyl groups excluding tert-OH is 1. The standard InChI is InChI=1S/C15H23BrN2O/c1-2-6-17-9-13-8-14(16)3-4-15(13)18-7-5-12(10-18)11-19/h3-4,8,12,17,19H,2,5-7,9-11H2,1H3. The van der Waals surface area contributed by atoms with Crippen LogP contribution in [0.1, 0.15) is 25.3 Å². The van der Waals surface area contributed by atoms with Gasteiger partial charge in [0.25, 0.3) is 0 Å². The van der Waals surface area contributed by atoms with Crippen LogP contribution >= 0.6 is 15.9 Å². The van der Waals surface area contributed by atoms with E-state index in [-0.39, 0.29) is 0 Å². The number of nitrogens with one attached hydrogen (secondary N) is 1. The molecule has 1 aliphatic heterocycles. The van der Waals surface area contributed by atoms with Crippen LogP contribution in [0.4, 0.5) is 5.69 Å². The van der Waals surface area contributed by atoms with Crippen LogP contribution in [-0.4, -0.2) is 31.3 Å². The summed E-state index contributed by atoms with van der Waals surface area (Å²) < 4.78 is 1.13. The average molecular weight is 327 g/mol. The molecule has 3 nitrogen and oxygen atoms in total. The normalized spacial score (nSPS) is 19.1. The van der Waals surface area contributed by atoms with Crippen LogP contribution in [0, 0.1) is 5.92 Å². The zero-order valence-corrected chi connectivity index (χ0v) is 13.1. The van der Waals surface area contributed by atoms with Crippen LogP contribution in [0.3, 0.4) is 0 Å². The predicted molar refractivity (Wildman–Crippen MR) is 83.5 cm³/mol. The molecule has 1 aliphatic rings. The minimum Gasteiger partial charge on any atom is -0.396 e. The summed E-state index contributed by atoms with van der Waals surface area (Å²) in [5.74, 6) is 0.431. The van der Waals surface area contributed by atoms with Crippen LogP contribution in [0.25, 0.3) is 0 Å². The third-order valence-electron chi connectivity index (χ3n) is 3.67. The van der Waals surface area contributed by atoms with Crippen molar-refractivity contribution in [3.05, 3.63) is 28.2 Å². The Morgan fingerprint density at radius 3 is 3.00 bits per heavy atom. The van der Waals surface area contributed by atoms with Crippen molar-refractivity contribution in [2.75, 3.05) is 31.1 Å². The summed E-state index contributed by atoms with van der Waals surface area (Å²) in [6.07, 6.45) is 2.24. The van der Waals surface area contributed by atoms with Crippen molar-refractivity contribution in [1.82, 2.24) is 5.32 Å². The second-order valence-electron chi connectivity index (χ2n) is 5.23. The fourth-order valence-electron chi connectivity index (χ4n) is 2.60. The number of nitrogens with zero attached hydrogens (tertiary/aromatic N) is 1. The zero-order valence-electron chi connectivity index (χ0n) is 11.5. The second-order valence-corrected chi connectivity index (χ2v) is 6.15. The van der Waals surface area contributed by atoms with E-state index in [1.54, 1.807) is 0 Å². The Balaban J connectivity index is 2.10. The van der Waals surface area contributed by atoms with Crippen molar-refractivity contribution >= 4 is 21.6 Å². The smallest absolute Gasteiger partial charge is 0.0476 e. The Hall–Kier alpha value is -0.580. The summed E-state index contributed by atoms with van der Waals surface area (Å²) in [6, 6.07) is 6.49. The van der Waals surface area contributed by atoms with Crippen molar-refractivity contribution < 1.29 is 5.11 Å². The molecule has 2 N–H and O–H groups in total. The van der Waals surface area contributed by atoms with Crippen LogP contribution in [0.15, 0.2) is 22.7 Å². The lowest BCUT2D eigenvalue weighted by atomic mass is 10.1. The minimum absolute atomic E-state index is 0.302. The first-order chi connectivity index (χ1) is 9.24. The van der Waals surface area contributed by atoms with Gasteiger partial charge in [-0.3, -0.25) is 0 Å². The van der Waals surface area contributed by atoms with E-state index in [9.17, 15) is 5.11 Å². The van der Waals surface area contributed by atoms with Crippen LogP contribution in [0.5, 0.6) is 0 Å². The first-order valence-electron chi connectivity index (χ1n) is 7.09. The monoisotopic (exact) mass is 326 g/mol. The third-order valence-corrected chi connectivity index (χ3v) is 4.16. The molecule has 4 heteroatoms. The van der Waals surface area contributed by atoms with E-state index in [0.717, 1.165) is 43.5 Å². The Morgan fingerprint density at radius 2 is 2.32 bits per heavy atom. The quantitative estimate of drug-likeness (QED) is 0.789. The Labute approximate surface area is 124 Å². The summed E-state index contributed by atoms with van der Waals surface area (Å²) in [7, 11) is 0. The number of aliphatic hydroxyl groups is 1. The topological polar surface area (TPSA) is 35.5 Å². The Bertz CT molecular complexity index is 411. The third kappa shape index (κ3) is 3.94. The molecule has 0 bridgehead atoms. The van der Waals surface area contributed by atoms with E-state index in [1.807, 2.05) is 0 Å². The average Bonchev–Trinajstić information content (AvgIpc) is 2.88. The van der Waals surface area contributed by atoms with Gasteiger partial charge in [-0.1, -0.05) is 22.9 Å². The van der Waals surface area contributed by atoms with Crippen LogP contribution < -0.4 is 10.2 Å². The number of hydrogen-bond acceptors (Lipinski definition) is 3. The molecule has 0 aromatic heterocycles. The Morgan fingerprint density at radius 1 is 1.47 bits per heavy atom. The molecule has 1 aromatic carbocycles. The van der Waals surface area contributed by atoms with Gasteiger partial charge in [0, 0.05) is 42.3 Å². The summed E-state index contributed by atoms with van der Waals surface area (Å²) in [5.41, 5.74) is 2.64. The van der Waals surface area contributed by atoms with Crippen molar-refractivity contribution in [1.29, 1.82) is 0 Å². The minimum atomic E-state index is 0.302. The molecule has 0 aliphatic carbocycles. The van der Waals surface area contributed by atoms with Gasteiger partial charge >= 0.3 is 0 Å². The van der Waals surface area contributed by atoms with Crippen molar-refractivity contribution in [3.8, 4) is 0 Å². The molecule has 106 valence electrons. The predicted octanol–water partition coefficient (Wildman–Crippen LogP) is 2.77. The van der Waals surface area contributed by atoms with E-state index in [0.29, 0.717) is 12.5 Å². The summed E-state index contributed by atoms with van der Waals surface area (Å²) in [4.78, 5) is 2.40. The molecule has 0 spiro atoms. The molecule has 1 aromatic rings. The molecule has 0 radical (unpaired) electrons. The van der Waals surface area contributed by atoms with E-state index >= 15 is 0 Å². The van der Waals surface area contributed by atoms with Crippen LogP contribution in [-0.2, 0) is 6.54 Å². The molecule has 1 unspecified atom stereocenters. The summed E-state index contributed by atoms with van der Waals surface area (Å²) >= 11 is 3.55. The lowest BCUT2D eigenvalue weighted by molar-refractivity contribution is 0.238. The van der Waals surface area contributed by atoms with Gasteiger partial charge in [-0.25, -0.2) is 0 Å². The maximum absolute atomic E-state index is 9.27. The van der Waals surface area contributed by atoms with E-state index in [4.69, 9.17) is 0 Å². The van der Waals surface area contributed by atoms with Gasteiger partial charge in [-0.15, -0.1) is 0 Å². The maximum atomic E-state index is 9.27.